The average Bonchev–Trinajstić information content (AvgIpc) is 2.61. The van der Waals surface area contributed by atoms with Crippen LogP contribution in [0, 0.1) is 5.41 Å². The number of hydrogen-bond donors (Lipinski definition) is 1. The maximum absolute atomic E-state index is 12.4. The largest absolute Gasteiger partial charge is 0.481 e. The molecule has 0 saturated carbocycles. The van der Waals surface area contributed by atoms with Crippen molar-refractivity contribution in [1.29, 1.82) is 0 Å². The Morgan fingerprint density at radius 1 is 1.07 bits per heavy atom. The van der Waals surface area contributed by atoms with Crippen LogP contribution in [0.1, 0.15) is 65.9 Å². The summed E-state index contributed by atoms with van der Waals surface area (Å²) in [6.45, 7) is 13.3. The SMILES string of the molecule is CC(Oc1ccc(C(C)C)cc1)C(=O)NC1CCN(C(=O)C(C)(C)C)CC1. The lowest BCUT2D eigenvalue weighted by atomic mass is 9.93. The fraction of sp³-hybridized carbons (Fsp3) is 0.636. The van der Waals surface area contributed by atoms with E-state index >= 15 is 0 Å². The highest BCUT2D eigenvalue weighted by Crippen LogP contribution is 2.22. The third kappa shape index (κ3) is 5.98. The Morgan fingerprint density at radius 3 is 2.11 bits per heavy atom. The predicted molar refractivity (Wildman–Crippen MR) is 108 cm³/mol. The molecule has 2 amide bonds. The van der Waals surface area contributed by atoms with E-state index in [1.54, 1.807) is 6.92 Å². The second-order valence-corrected chi connectivity index (χ2v) is 8.81. The van der Waals surface area contributed by atoms with E-state index in [1.165, 1.54) is 5.56 Å². The zero-order chi connectivity index (χ0) is 20.2. The summed E-state index contributed by atoms with van der Waals surface area (Å²) in [4.78, 5) is 26.7. The first-order chi connectivity index (χ1) is 12.6. The van der Waals surface area contributed by atoms with Crippen molar-refractivity contribution >= 4 is 11.8 Å². The number of amides is 2. The van der Waals surface area contributed by atoms with Crippen LogP contribution in [-0.4, -0.2) is 41.9 Å². The minimum Gasteiger partial charge on any atom is -0.481 e. The molecule has 2 rings (SSSR count). The molecule has 1 aliphatic heterocycles. The molecule has 5 heteroatoms. The van der Waals surface area contributed by atoms with Crippen LogP contribution >= 0.6 is 0 Å². The van der Waals surface area contributed by atoms with E-state index < -0.39 is 6.10 Å². The average molecular weight is 375 g/mol. The number of nitrogens with one attached hydrogen (secondary N) is 1. The molecule has 1 saturated heterocycles. The molecule has 5 nitrogen and oxygen atoms in total. The van der Waals surface area contributed by atoms with Gasteiger partial charge < -0.3 is 15.0 Å². The Bertz CT molecular complexity index is 639. The van der Waals surface area contributed by atoms with Crippen LogP contribution in [-0.2, 0) is 9.59 Å². The Morgan fingerprint density at radius 2 is 1.63 bits per heavy atom. The van der Waals surface area contributed by atoms with Crippen molar-refractivity contribution < 1.29 is 14.3 Å². The molecule has 0 spiro atoms. The van der Waals surface area contributed by atoms with Gasteiger partial charge in [-0.1, -0.05) is 46.8 Å². The van der Waals surface area contributed by atoms with Gasteiger partial charge in [-0.3, -0.25) is 9.59 Å². The van der Waals surface area contributed by atoms with Gasteiger partial charge >= 0.3 is 0 Å². The zero-order valence-electron chi connectivity index (χ0n) is 17.5. The number of carbonyl (C=O) groups excluding carboxylic acids is 2. The predicted octanol–water partition coefficient (Wildman–Crippen LogP) is 3.73. The molecule has 150 valence electrons. The first-order valence-electron chi connectivity index (χ1n) is 9.94. The zero-order valence-corrected chi connectivity index (χ0v) is 17.5. The standard InChI is InChI=1S/C22H34N2O3/c1-15(2)17-7-9-19(10-8-17)27-16(3)20(25)23-18-11-13-24(14-12-18)21(26)22(4,5)6/h7-10,15-16,18H,11-14H2,1-6H3,(H,23,25). The van der Waals surface area contributed by atoms with Gasteiger partial charge in [-0.25, -0.2) is 0 Å². The summed E-state index contributed by atoms with van der Waals surface area (Å²) >= 11 is 0. The van der Waals surface area contributed by atoms with Crippen molar-refractivity contribution in [1.82, 2.24) is 10.2 Å². The Balaban J connectivity index is 1.81. The smallest absolute Gasteiger partial charge is 0.260 e. The summed E-state index contributed by atoms with van der Waals surface area (Å²) in [5.41, 5.74) is 0.889. The van der Waals surface area contributed by atoms with Crippen LogP contribution in [0.25, 0.3) is 0 Å². The molecule has 0 bridgehead atoms. The van der Waals surface area contributed by atoms with E-state index in [0.717, 1.165) is 12.8 Å². The molecule has 1 fully saturated rings. The monoisotopic (exact) mass is 374 g/mol. The number of piperidine rings is 1. The van der Waals surface area contributed by atoms with Gasteiger partial charge in [-0.15, -0.1) is 0 Å². The van der Waals surface area contributed by atoms with Gasteiger partial charge in [0.15, 0.2) is 6.10 Å². The normalized spacial score (nSPS) is 16.9. The molecule has 1 aromatic carbocycles. The molecule has 0 aromatic heterocycles. The summed E-state index contributed by atoms with van der Waals surface area (Å²) in [6, 6.07) is 7.99. The number of hydrogen-bond acceptors (Lipinski definition) is 3. The fourth-order valence-electron chi connectivity index (χ4n) is 3.21. The highest BCUT2D eigenvalue weighted by atomic mass is 16.5. The van der Waals surface area contributed by atoms with Crippen LogP contribution in [0.3, 0.4) is 0 Å². The van der Waals surface area contributed by atoms with Gasteiger partial charge in [0, 0.05) is 24.5 Å². The summed E-state index contributed by atoms with van der Waals surface area (Å²) in [5, 5.41) is 3.06. The van der Waals surface area contributed by atoms with E-state index in [1.807, 2.05) is 49.9 Å². The Labute approximate surface area is 163 Å². The van der Waals surface area contributed by atoms with E-state index in [4.69, 9.17) is 4.74 Å². The molecular weight excluding hydrogens is 340 g/mol. The lowest BCUT2D eigenvalue weighted by Crippen LogP contribution is -2.51. The molecule has 1 aliphatic rings. The van der Waals surface area contributed by atoms with Crippen LogP contribution in [0.5, 0.6) is 5.75 Å². The topological polar surface area (TPSA) is 58.6 Å². The summed E-state index contributed by atoms with van der Waals surface area (Å²) in [7, 11) is 0. The Hall–Kier alpha value is -2.04. The van der Waals surface area contributed by atoms with Gasteiger partial charge in [0.2, 0.25) is 5.91 Å². The minimum atomic E-state index is -0.552. The molecule has 27 heavy (non-hydrogen) atoms. The second kappa shape index (κ2) is 8.77. The first kappa shape index (κ1) is 21.3. The van der Waals surface area contributed by atoms with Gasteiger partial charge in [-0.2, -0.15) is 0 Å². The van der Waals surface area contributed by atoms with Gasteiger partial charge in [0.05, 0.1) is 0 Å². The number of ether oxygens (including phenoxy) is 1. The molecule has 1 atom stereocenters. The molecule has 1 unspecified atom stereocenters. The van der Waals surface area contributed by atoms with Crippen molar-refractivity contribution in [2.45, 2.75) is 72.4 Å². The van der Waals surface area contributed by atoms with Gasteiger partial charge in [0.25, 0.3) is 5.91 Å². The number of benzene rings is 1. The van der Waals surface area contributed by atoms with E-state index in [-0.39, 0.29) is 23.3 Å². The highest BCUT2D eigenvalue weighted by Gasteiger charge is 2.31. The number of carbonyl (C=O) groups is 2. The minimum absolute atomic E-state index is 0.0934. The summed E-state index contributed by atoms with van der Waals surface area (Å²) in [6.07, 6.45) is 1.01. The van der Waals surface area contributed by atoms with Gasteiger partial charge in [-0.05, 0) is 43.4 Å². The van der Waals surface area contributed by atoms with Crippen LogP contribution in [0.4, 0.5) is 0 Å². The lowest BCUT2D eigenvalue weighted by Gasteiger charge is -2.36. The van der Waals surface area contributed by atoms with Crippen LogP contribution < -0.4 is 10.1 Å². The van der Waals surface area contributed by atoms with Gasteiger partial charge in [0.1, 0.15) is 5.75 Å². The number of nitrogens with zero attached hydrogens (tertiary/aromatic N) is 1. The van der Waals surface area contributed by atoms with E-state index in [2.05, 4.69) is 19.2 Å². The molecule has 1 N–H and O–H groups in total. The molecular formula is C22H34N2O3. The number of rotatable bonds is 5. The van der Waals surface area contributed by atoms with E-state index in [9.17, 15) is 9.59 Å². The number of likely N-dealkylation sites (tertiary alicyclic amines) is 1. The van der Waals surface area contributed by atoms with Crippen molar-refractivity contribution in [3.05, 3.63) is 29.8 Å². The second-order valence-electron chi connectivity index (χ2n) is 8.81. The molecule has 1 heterocycles. The highest BCUT2D eigenvalue weighted by molar-refractivity contribution is 5.82. The maximum atomic E-state index is 12.4. The summed E-state index contributed by atoms with van der Waals surface area (Å²) < 4.78 is 5.78. The third-order valence-electron chi connectivity index (χ3n) is 5.00. The molecule has 0 radical (unpaired) electrons. The van der Waals surface area contributed by atoms with Crippen molar-refractivity contribution in [3.63, 3.8) is 0 Å². The molecule has 0 aliphatic carbocycles. The third-order valence-corrected chi connectivity index (χ3v) is 5.00. The lowest BCUT2D eigenvalue weighted by molar-refractivity contribution is -0.140. The quantitative estimate of drug-likeness (QED) is 0.854. The summed E-state index contributed by atoms with van der Waals surface area (Å²) in [5.74, 6) is 1.24. The fourth-order valence-corrected chi connectivity index (χ4v) is 3.21. The van der Waals surface area contributed by atoms with Crippen molar-refractivity contribution in [2.75, 3.05) is 13.1 Å². The van der Waals surface area contributed by atoms with Crippen molar-refractivity contribution in [3.8, 4) is 5.75 Å². The van der Waals surface area contributed by atoms with Crippen LogP contribution in [0.2, 0.25) is 0 Å². The van der Waals surface area contributed by atoms with Crippen LogP contribution in [0.15, 0.2) is 24.3 Å². The first-order valence-corrected chi connectivity index (χ1v) is 9.94. The van der Waals surface area contributed by atoms with Crippen molar-refractivity contribution in [2.24, 2.45) is 5.41 Å². The Kier molecular flexibility index (Phi) is 6.90. The maximum Gasteiger partial charge on any atom is 0.260 e. The molecule has 1 aromatic rings. The van der Waals surface area contributed by atoms with E-state index in [0.29, 0.717) is 24.8 Å².